The minimum absolute atomic E-state index is 0.0690. The van der Waals surface area contributed by atoms with Gasteiger partial charge < -0.3 is 10.2 Å². The second kappa shape index (κ2) is 4.21. The van der Waals surface area contributed by atoms with Crippen LogP contribution in [0.5, 0.6) is 0 Å². The van der Waals surface area contributed by atoms with Crippen LogP contribution >= 0.6 is 11.6 Å². The molecule has 96 valence electrons. The summed E-state index contributed by atoms with van der Waals surface area (Å²) < 4.78 is 18.9. The van der Waals surface area contributed by atoms with Gasteiger partial charge in [-0.15, -0.1) is 0 Å². The average molecular weight is 269 g/mol. The van der Waals surface area contributed by atoms with Gasteiger partial charge in [0.25, 0.3) is 0 Å². The van der Waals surface area contributed by atoms with Crippen molar-refractivity contribution >= 4 is 22.7 Å². The monoisotopic (exact) mass is 268 g/mol. The van der Waals surface area contributed by atoms with Crippen LogP contribution in [0.1, 0.15) is 25.2 Å². The third kappa shape index (κ3) is 1.89. The van der Waals surface area contributed by atoms with E-state index in [0.29, 0.717) is 23.5 Å². The fraction of sp³-hybridized carbons (Fsp3) is 0.462. The van der Waals surface area contributed by atoms with Crippen LogP contribution in [0, 0.1) is 11.2 Å². The Labute approximate surface area is 109 Å². The molecule has 1 saturated carbocycles. The highest BCUT2D eigenvalue weighted by molar-refractivity contribution is 6.31. The van der Waals surface area contributed by atoms with Crippen molar-refractivity contribution in [2.24, 2.45) is 11.1 Å². The topological polar surface area (TPSA) is 52.0 Å². The first-order valence-corrected chi connectivity index (χ1v) is 6.44. The number of benzene rings is 1. The SMILES string of the molecule is NCC1(Cc2nc3cc(Cl)c(F)cc3o2)CCC1. The van der Waals surface area contributed by atoms with Crippen LogP contribution in [0.3, 0.4) is 0 Å². The minimum Gasteiger partial charge on any atom is -0.441 e. The van der Waals surface area contributed by atoms with E-state index in [0.717, 1.165) is 19.3 Å². The van der Waals surface area contributed by atoms with Crippen LogP contribution in [0.4, 0.5) is 4.39 Å². The predicted octanol–water partition coefficient (Wildman–Crippen LogP) is 3.29. The van der Waals surface area contributed by atoms with Gasteiger partial charge in [-0.05, 0) is 30.9 Å². The number of nitrogens with zero attached hydrogens (tertiary/aromatic N) is 1. The molecule has 1 aromatic heterocycles. The maximum Gasteiger partial charge on any atom is 0.196 e. The third-order valence-corrected chi connectivity index (χ3v) is 4.14. The number of hydrogen-bond donors (Lipinski definition) is 1. The fourth-order valence-corrected chi connectivity index (χ4v) is 2.66. The van der Waals surface area contributed by atoms with Gasteiger partial charge in [-0.25, -0.2) is 9.37 Å². The molecule has 0 radical (unpaired) electrons. The van der Waals surface area contributed by atoms with Crippen LogP contribution < -0.4 is 5.73 Å². The van der Waals surface area contributed by atoms with Gasteiger partial charge in [-0.2, -0.15) is 0 Å². The molecule has 3 rings (SSSR count). The second-order valence-electron chi connectivity index (χ2n) is 5.08. The molecular weight excluding hydrogens is 255 g/mol. The van der Waals surface area contributed by atoms with E-state index in [1.807, 2.05) is 0 Å². The lowest BCUT2D eigenvalue weighted by atomic mass is 9.67. The predicted molar refractivity (Wildman–Crippen MR) is 68.0 cm³/mol. The van der Waals surface area contributed by atoms with E-state index in [-0.39, 0.29) is 10.4 Å². The van der Waals surface area contributed by atoms with Gasteiger partial charge in [-0.3, -0.25) is 0 Å². The zero-order valence-electron chi connectivity index (χ0n) is 9.88. The van der Waals surface area contributed by atoms with Crippen molar-refractivity contribution in [1.82, 2.24) is 4.98 Å². The van der Waals surface area contributed by atoms with Crippen molar-refractivity contribution in [1.29, 1.82) is 0 Å². The van der Waals surface area contributed by atoms with E-state index < -0.39 is 5.82 Å². The molecule has 1 aliphatic carbocycles. The molecule has 0 unspecified atom stereocenters. The van der Waals surface area contributed by atoms with E-state index >= 15 is 0 Å². The van der Waals surface area contributed by atoms with Crippen molar-refractivity contribution in [3.05, 3.63) is 28.9 Å². The van der Waals surface area contributed by atoms with Crippen LogP contribution in [0.2, 0.25) is 5.02 Å². The summed E-state index contributed by atoms with van der Waals surface area (Å²) in [6.07, 6.45) is 4.14. The summed E-state index contributed by atoms with van der Waals surface area (Å²) >= 11 is 5.72. The number of aromatic nitrogens is 1. The van der Waals surface area contributed by atoms with Crippen LogP contribution in [-0.4, -0.2) is 11.5 Å². The molecule has 2 aromatic rings. The van der Waals surface area contributed by atoms with E-state index in [2.05, 4.69) is 4.98 Å². The average Bonchev–Trinajstić information content (AvgIpc) is 2.66. The molecule has 18 heavy (non-hydrogen) atoms. The van der Waals surface area contributed by atoms with Crippen LogP contribution in [0.15, 0.2) is 16.5 Å². The Hall–Kier alpha value is -1.13. The summed E-state index contributed by atoms with van der Waals surface area (Å²) in [7, 11) is 0. The summed E-state index contributed by atoms with van der Waals surface area (Å²) in [5.41, 5.74) is 6.98. The lowest BCUT2D eigenvalue weighted by Crippen LogP contribution is -2.39. The van der Waals surface area contributed by atoms with E-state index in [9.17, 15) is 4.39 Å². The normalized spacial score (nSPS) is 17.9. The first-order chi connectivity index (χ1) is 8.62. The molecule has 0 aliphatic heterocycles. The summed E-state index contributed by atoms with van der Waals surface area (Å²) in [5.74, 6) is 0.140. The van der Waals surface area contributed by atoms with Crippen molar-refractivity contribution in [3.63, 3.8) is 0 Å². The number of hydrogen-bond acceptors (Lipinski definition) is 3. The summed E-state index contributed by atoms with van der Waals surface area (Å²) in [6.45, 7) is 0.640. The molecule has 0 atom stereocenters. The Kier molecular flexibility index (Phi) is 2.79. The highest BCUT2D eigenvalue weighted by atomic mass is 35.5. The first kappa shape index (κ1) is 11.9. The Morgan fingerprint density at radius 3 is 2.83 bits per heavy atom. The molecule has 1 aliphatic rings. The number of halogens is 2. The number of fused-ring (bicyclic) bond motifs is 1. The van der Waals surface area contributed by atoms with Gasteiger partial charge in [0.05, 0.1) is 5.02 Å². The molecule has 0 saturated heterocycles. The van der Waals surface area contributed by atoms with E-state index in [1.54, 1.807) is 0 Å². The Morgan fingerprint density at radius 2 is 2.22 bits per heavy atom. The molecule has 2 N–H and O–H groups in total. The van der Waals surface area contributed by atoms with Gasteiger partial charge in [0, 0.05) is 12.5 Å². The number of rotatable bonds is 3. The maximum atomic E-state index is 13.3. The second-order valence-corrected chi connectivity index (χ2v) is 5.48. The standard InChI is InChI=1S/C13H14ClFN2O/c14-8-4-10-11(5-9(8)15)18-12(17-10)6-13(7-16)2-1-3-13/h4-5H,1-3,6-7,16H2. The maximum absolute atomic E-state index is 13.3. The molecule has 5 heteroatoms. The quantitative estimate of drug-likeness (QED) is 0.929. The zero-order valence-corrected chi connectivity index (χ0v) is 10.6. The van der Waals surface area contributed by atoms with Crippen molar-refractivity contribution in [2.45, 2.75) is 25.7 Å². The van der Waals surface area contributed by atoms with Gasteiger partial charge in [-0.1, -0.05) is 18.0 Å². The largest absolute Gasteiger partial charge is 0.441 e. The van der Waals surface area contributed by atoms with E-state index in [4.69, 9.17) is 21.8 Å². The summed E-state index contributed by atoms with van der Waals surface area (Å²) in [4.78, 5) is 4.36. The van der Waals surface area contributed by atoms with Gasteiger partial charge in [0.1, 0.15) is 11.3 Å². The highest BCUT2D eigenvalue weighted by Gasteiger charge is 2.37. The molecule has 0 amide bonds. The molecule has 0 bridgehead atoms. The molecule has 1 aromatic carbocycles. The van der Waals surface area contributed by atoms with Crippen LogP contribution in [-0.2, 0) is 6.42 Å². The summed E-state index contributed by atoms with van der Waals surface area (Å²) in [6, 6.07) is 2.78. The Balaban J connectivity index is 1.93. The molecule has 1 heterocycles. The van der Waals surface area contributed by atoms with Gasteiger partial charge >= 0.3 is 0 Å². The molecule has 0 spiro atoms. The highest BCUT2D eigenvalue weighted by Crippen LogP contribution is 2.42. The Morgan fingerprint density at radius 1 is 1.44 bits per heavy atom. The van der Waals surface area contributed by atoms with Gasteiger partial charge in [0.15, 0.2) is 11.5 Å². The smallest absolute Gasteiger partial charge is 0.196 e. The number of nitrogens with two attached hydrogens (primary N) is 1. The fourth-order valence-electron chi connectivity index (χ4n) is 2.50. The molecule has 1 fully saturated rings. The minimum atomic E-state index is -0.482. The number of oxazole rings is 1. The van der Waals surface area contributed by atoms with E-state index in [1.165, 1.54) is 18.6 Å². The zero-order chi connectivity index (χ0) is 12.8. The third-order valence-electron chi connectivity index (χ3n) is 3.85. The Bertz CT molecular complexity index is 547. The lowest BCUT2D eigenvalue weighted by Gasteiger charge is -2.39. The molecule has 3 nitrogen and oxygen atoms in total. The van der Waals surface area contributed by atoms with Gasteiger partial charge in [0.2, 0.25) is 0 Å². The summed E-state index contributed by atoms with van der Waals surface area (Å²) in [5, 5.41) is 0.0690. The van der Waals surface area contributed by atoms with Crippen molar-refractivity contribution in [3.8, 4) is 0 Å². The van der Waals surface area contributed by atoms with Crippen molar-refractivity contribution in [2.75, 3.05) is 6.54 Å². The lowest BCUT2D eigenvalue weighted by molar-refractivity contribution is 0.134. The first-order valence-electron chi connectivity index (χ1n) is 6.06. The van der Waals surface area contributed by atoms with Crippen LogP contribution in [0.25, 0.3) is 11.1 Å². The molecular formula is C13H14ClFN2O. The van der Waals surface area contributed by atoms with Crippen molar-refractivity contribution < 1.29 is 8.81 Å².